The molecule has 1 aromatic rings. The number of hydrogen-bond acceptors (Lipinski definition) is 4. The van der Waals surface area contributed by atoms with Crippen LogP contribution in [0.2, 0.25) is 0 Å². The molecule has 3 unspecified atom stereocenters. The van der Waals surface area contributed by atoms with Crippen molar-refractivity contribution in [1.29, 1.82) is 0 Å². The van der Waals surface area contributed by atoms with Crippen LogP contribution in [0.1, 0.15) is 45.7 Å². The molecule has 0 spiro atoms. The number of nitrogens with zero attached hydrogens (tertiary/aromatic N) is 2. The van der Waals surface area contributed by atoms with Gasteiger partial charge < -0.3 is 19.9 Å². The van der Waals surface area contributed by atoms with Gasteiger partial charge in [0.2, 0.25) is 0 Å². The van der Waals surface area contributed by atoms with Crippen LogP contribution in [0.3, 0.4) is 0 Å². The van der Waals surface area contributed by atoms with Gasteiger partial charge in [0.1, 0.15) is 0 Å². The van der Waals surface area contributed by atoms with Crippen molar-refractivity contribution in [2.24, 2.45) is 5.41 Å². The number of allylic oxidation sites excluding steroid dienone is 4. The smallest absolute Gasteiger partial charge is 0.0806 e. The van der Waals surface area contributed by atoms with E-state index in [2.05, 4.69) is 108 Å². The molecule has 5 heteroatoms. The van der Waals surface area contributed by atoms with Crippen molar-refractivity contribution >= 4 is 6.20 Å². The number of rotatable bonds is 9. The first-order chi connectivity index (χ1) is 16.9. The molecule has 0 radical (unpaired) electrons. The number of ether oxygens (including phenoxy) is 1. The second-order valence-electron chi connectivity index (χ2n) is 9.70. The number of aryl methyl sites for hydroxylation is 1. The number of nitrogens with one attached hydrogen (secondary N) is 2. The Kier molecular flexibility index (Phi) is 10.1. The van der Waals surface area contributed by atoms with E-state index >= 15 is 0 Å². The van der Waals surface area contributed by atoms with Crippen molar-refractivity contribution in [1.82, 2.24) is 20.1 Å². The fourth-order valence-electron chi connectivity index (χ4n) is 4.64. The van der Waals surface area contributed by atoms with E-state index in [0.29, 0.717) is 12.1 Å². The van der Waals surface area contributed by atoms with Gasteiger partial charge in [-0.25, -0.2) is 0 Å². The van der Waals surface area contributed by atoms with Gasteiger partial charge in [0.15, 0.2) is 0 Å². The number of aromatic nitrogens is 1. The summed E-state index contributed by atoms with van der Waals surface area (Å²) in [7, 11) is 1.78. The molecule has 1 aromatic heterocycles. The Morgan fingerprint density at radius 1 is 1.31 bits per heavy atom. The van der Waals surface area contributed by atoms with Crippen molar-refractivity contribution in [2.45, 2.75) is 65.1 Å². The number of hydrogen-bond donors (Lipinski definition) is 2. The molecule has 1 fully saturated rings. The summed E-state index contributed by atoms with van der Waals surface area (Å²) in [6.45, 7) is 10.9. The molecule has 0 aliphatic carbocycles. The summed E-state index contributed by atoms with van der Waals surface area (Å²) >= 11 is 0. The number of piperidine rings is 1. The lowest BCUT2D eigenvalue weighted by Gasteiger charge is -2.42. The van der Waals surface area contributed by atoms with Gasteiger partial charge in [-0.2, -0.15) is 0 Å². The van der Waals surface area contributed by atoms with E-state index in [4.69, 9.17) is 4.74 Å². The van der Waals surface area contributed by atoms with Crippen LogP contribution < -0.4 is 10.6 Å². The van der Waals surface area contributed by atoms with Gasteiger partial charge in [0.25, 0.3) is 0 Å². The minimum Gasteiger partial charge on any atom is -0.386 e. The summed E-state index contributed by atoms with van der Waals surface area (Å²) in [5.41, 5.74) is 2.22. The topological polar surface area (TPSA) is 41.5 Å². The average molecular weight is 475 g/mol. The molecule has 0 amide bonds. The predicted octanol–water partition coefficient (Wildman–Crippen LogP) is 5.22. The van der Waals surface area contributed by atoms with Gasteiger partial charge in [-0.15, -0.1) is 0 Å². The van der Waals surface area contributed by atoms with Gasteiger partial charge in [0, 0.05) is 74.5 Å². The standard InChI is InChI=1S/C30H42N4O/c1-25(24-29(35-5)13-11-21-33-20-10-12-26(33)2)32-28-14-22-34(23-15-28)27(3)30(4)16-6-8-18-31-19-9-7-17-30/h6,8-12,16,18-21,24,27-29,31-32H,13-15,22-23H2,1-5H3/b16-6+,18-8-,19-9+,21-11+,25-24+. The second-order valence-corrected chi connectivity index (χ2v) is 9.70. The van der Waals surface area contributed by atoms with E-state index in [1.807, 2.05) is 24.6 Å². The summed E-state index contributed by atoms with van der Waals surface area (Å²) in [4.78, 5) is 2.58. The molecule has 1 saturated heterocycles. The summed E-state index contributed by atoms with van der Waals surface area (Å²) in [6.07, 6.45) is 23.7. The first-order valence-electron chi connectivity index (χ1n) is 12.7. The Hall–Kier alpha value is -2.94. The maximum Gasteiger partial charge on any atom is 0.0806 e. The molecule has 188 valence electrons. The third kappa shape index (κ3) is 8.06. The van der Waals surface area contributed by atoms with Gasteiger partial charge in [-0.05, 0) is 71.2 Å². The molecule has 2 N–H and O–H groups in total. The van der Waals surface area contributed by atoms with Crippen LogP contribution >= 0.6 is 0 Å². The molecule has 5 nitrogen and oxygen atoms in total. The number of methoxy groups -OCH3 is 1. The largest absolute Gasteiger partial charge is 0.386 e. The zero-order valence-corrected chi connectivity index (χ0v) is 22.0. The van der Waals surface area contributed by atoms with Crippen LogP contribution in [0.15, 0.2) is 72.9 Å². The van der Waals surface area contributed by atoms with Crippen molar-refractivity contribution in [3.63, 3.8) is 0 Å². The molecule has 2 aliphatic heterocycles. The number of likely N-dealkylation sites (tertiary alicyclic amines) is 1. The first kappa shape index (κ1) is 26.7. The highest BCUT2D eigenvalue weighted by Crippen LogP contribution is 2.29. The molecular formula is C30H42N4O. The monoisotopic (exact) mass is 474 g/mol. The van der Waals surface area contributed by atoms with Crippen LogP contribution in [0.5, 0.6) is 0 Å². The Labute approximate surface area is 212 Å². The predicted molar refractivity (Wildman–Crippen MR) is 147 cm³/mol. The van der Waals surface area contributed by atoms with E-state index in [1.54, 1.807) is 7.11 Å². The van der Waals surface area contributed by atoms with Crippen LogP contribution in [0, 0.1) is 24.2 Å². The van der Waals surface area contributed by atoms with Crippen LogP contribution in [-0.2, 0) is 4.74 Å². The van der Waals surface area contributed by atoms with Gasteiger partial charge >= 0.3 is 0 Å². The van der Waals surface area contributed by atoms with Gasteiger partial charge in [0.05, 0.1) is 11.5 Å². The second kappa shape index (κ2) is 13.2. The Balaban J connectivity index is 1.51. The Bertz CT molecular complexity index is 1010. The molecule has 0 aromatic carbocycles. The van der Waals surface area contributed by atoms with E-state index < -0.39 is 0 Å². The van der Waals surface area contributed by atoms with Crippen molar-refractivity contribution in [2.75, 3.05) is 20.2 Å². The van der Waals surface area contributed by atoms with Crippen molar-refractivity contribution in [3.8, 4) is 11.8 Å². The summed E-state index contributed by atoms with van der Waals surface area (Å²) in [5, 5.41) is 6.82. The van der Waals surface area contributed by atoms with Crippen LogP contribution in [-0.4, -0.2) is 47.9 Å². The normalized spacial score (nSPS) is 26.3. The van der Waals surface area contributed by atoms with Crippen LogP contribution in [0.4, 0.5) is 0 Å². The molecule has 35 heavy (non-hydrogen) atoms. The molecule has 0 saturated carbocycles. The lowest BCUT2D eigenvalue weighted by molar-refractivity contribution is 0.112. The van der Waals surface area contributed by atoms with E-state index in [9.17, 15) is 0 Å². The lowest BCUT2D eigenvalue weighted by Crippen LogP contribution is -2.50. The first-order valence-corrected chi connectivity index (χ1v) is 12.7. The van der Waals surface area contributed by atoms with Crippen molar-refractivity contribution in [3.05, 3.63) is 78.6 Å². The molecule has 3 rings (SSSR count). The molecule has 0 bridgehead atoms. The summed E-state index contributed by atoms with van der Waals surface area (Å²) in [5.74, 6) is 6.68. The Morgan fingerprint density at radius 3 is 2.83 bits per heavy atom. The highest BCUT2D eigenvalue weighted by atomic mass is 16.5. The maximum absolute atomic E-state index is 5.70. The quantitative estimate of drug-likeness (QED) is 0.482. The molecule has 2 aliphatic rings. The summed E-state index contributed by atoms with van der Waals surface area (Å²) < 4.78 is 7.83. The average Bonchev–Trinajstić information content (AvgIpc) is 3.27. The lowest BCUT2D eigenvalue weighted by atomic mass is 9.81. The SMILES string of the molecule is COC(/C=C(\C)NC1CCN(C(C)C2(C)C#C/C=C/N/C=C\C=C\2)CC1)C/C=C/n1cccc1C. The third-order valence-electron chi connectivity index (χ3n) is 7.09. The Morgan fingerprint density at radius 2 is 2.11 bits per heavy atom. The zero-order valence-electron chi connectivity index (χ0n) is 22.0. The highest BCUT2D eigenvalue weighted by Gasteiger charge is 2.33. The third-order valence-corrected chi connectivity index (χ3v) is 7.09. The molecule has 3 heterocycles. The fourth-order valence-corrected chi connectivity index (χ4v) is 4.64. The highest BCUT2D eigenvalue weighted by molar-refractivity contribution is 5.30. The van der Waals surface area contributed by atoms with E-state index in [1.165, 1.54) is 11.4 Å². The van der Waals surface area contributed by atoms with E-state index in [-0.39, 0.29) is 11.5 Å². The van der Waals surface area contributed by atoms with Crippen LogP contribution in [0.25, 0.3) is 6.20 Å². The van der Waals surface area contributed by atoms with Gasteiger partial charge in [-0.1, -0.05) is 30.1 Å². The minimum absolute atomic E-state index is 0.0611. The zero-order chi connectivity index (χ0) is 25.1. The molecule has 3 atom stereocenters. The van der Waals surface area contributed by atoms with Gasteiger partial charge in [-0.3, -0.25) is 4.90 Å². The maximum atomic E-state index is 5.70. The minimum atomic E-state index is -0.194. The molecular weight excluding hydrogens is 432 g/mol. The fraction of sp³-hybridized carbons (Fsp3) is 0.467. The summed E-state index contributed by atoms with van der Waals surface area (Å²) in [6, 6.07) is 4.99. The van der Waals surface area contributed by atoms with Crippen molar-refractivity contribution < 1.29 is 4.74 Å². The van der Waals surface area contributed by atoms with E-state index in [0.717, 1.165) is 32.4 Å².